The Morgan fingerprint density at radius 1 is 1.00 bits per heavy atom. The first-order valence-electron chi connectivity index (χ1n) is 9.01. The Morgan fingerprint density at radius 3 is 2.36 bits per heavy atom. The summed E-state index contributed by atoms with van der Waals surface area (Å²) in [5.41, 5.74) is 1.59. The lowest BCUT2D eigenvalue weighted by molar-refractivity contribution is 0.0630. The molecule has 1 aromatic heterocycles. The molecule has 0 bridgehead atoms. The molecule has 2 aliphatic rings. The highest BCUT2D eigenvalue weighted by atomic mass is 16.2. The number of carbonyl (C=O) groups excluding carboxylic acids is 1. The van der Waals surface area contributed by atoms with Gasteiger partial charge in [0.1, 0.15) is 5.56 Å². The molecule has 5 heteroatoms. The lowest BCUT2D eigenvalue weighted by Crippen LogP contribution is -2.49. The fourth-order valence-electron chi connectivity index (χ4n) is 3.40. The number of aromatic nitrogens is 1. The summed E-state index contributed by atoms with van der Waals surface area (Å²) in [6, 6.07) is 13.1. The first-order valence-corrected chi connectivity index (χ1v) is 9.01. The van der Waals surface area contributed by atoms with E-state index in [1.165, 1.54) is 12.8 Å². The molecule has 5 nitrogen and oxygen atoms in total. The SMILES string of the molecule is O=C(c1ccc(-c2ccccc2)[nH]c1=O)N1CCN(CC2CC2)CC1. The highest BCUT2D eigenvalue weighted by Gasteiger charge is 2.28. The average molecular weight is 337 g/mol. The number of hydrogen-bond acceptors (Lipinski definition) is 3. The third-order valence-electron chi connectivity index (χ3n) is 5.10. The van der Waals surface area contributed by atoms with E-state index in [1.807, 2.05) is 36.4 Å². The molecule has 1 aliphatic carbocycles. The van der Waals surface area contributed by atoms with E-state index >= 15 is 0 Å². The Balaban J connectivity index is 1.44. The van der Waals surface area contributed by atoms with Gasteiger partial charge in [-0.2, -0.15) is 0 Å². The van der Waals surface area contributed by atoms with E-state index in [2.05, 4.69) is 9.88 Å². The standard InChI is InChI=1S/C20H23N3O2/c24-19-17(8-9-18(21-19)16-4-2-1-3-5-16)20(25)23-12-10-22(11-13-23)14-15-6-7-15/h1-5,8-9,15H,6-7,10-14H2,(H,21,24). The van der Waals surface area contributed by atoms with Gasteiger partial charge in [-0.05, 0) is 36.5 Å². The van der Waals surface area contributed by atoms with E-state index in [4.69, 9.17) is 0 Å². The molecular weight excluding hydrogens is 314 g/mol. The molecule has 0 radical (unpaired) electrons. The minimum Gasteiger partial charge on any atom is -0.336 e. The lowest BCUT2D eigenvalue weighted by atomic mass is 10.1. The van der Waals surface area contributed by atoms with Crippen LogP contribution in [0.3, 0.4) is 0 Å². The van der Waals surface area contributed by atoms with Gasteiger partial charge in [0.25, 0.3) is 11.5 Å². The van der Waals surface area contributed by atoms with Crippen molar-refractivity contribution in [3.63, 3.8) is 0 Å². The summed E-state index contributed by atoms with van der Waals surface area (Å²) in [5.74, 6) is 0.711. The number of H-pyrrole nitrogens is 1. The van der Waals surface area contributed by atoms with Crippen LogP contribution in [0.15, 0.2) is 47.3 Å². The molecule has 1 N–H and O–H groups in total. The van der Waals surface area contributed by atoms with Gasteiger partial charge in [-0.1, -0.05) is 30.3 Å². The molecule has 1 aliphatic heterocycles. The van der Waals surface area contributed by atoms with Crippen molar-refractivity contribution in [1.29, 1.82) is 0 Å². The van der Waals surface area contributed by atoms with Crippen LogP contribution < -0.4 is 5.56 Å². The van der Waals surface area contributed by atoms with E-state index < -0.39 is 0 Å². The van der Waals surface area contributed by atoms with Crippen LogP contribution in [-0.4, -0.2) is 53.4 Å². The molecule has 130 valence electrons. The first kappa shape index (κ1) is 16.1. The first-order chi connectivity index (χ1) is 12.2. The number of aromatic amines is 1. The second-order valence-corrected chi connectivity index (χ2v) is 7.02. The summed E-state index contributed by atoms with van der Waals surface area (Å²) < 4.78 is 0. The Bertz CT molecular complexity index is 803. The Hall–Kier alpha value is -2.40. The third-order valence-corrected chi connectivity index (χ3v) is 5.10. The van der Waals surface area contributed by atoms with Gasteiger partial charge in [-0.3, -0.25) is 14.5 Å². The monoisotopic (exact) mass is 337 g/mol. The van der Waals surface area contributed by atoms with Gasteiger partial charge in [0.2, 0.25) is 0 Å². The number of amides is 1. The Morgan fingerprint density at radius 2 is 1.72 bits per heavy atom. The number of benzene rings is 1. The normalized spacial score (nSPS) is 18.3. The second-order valence-electron chi connectivity index (χ2n) is 7.02. The van der Waals surface area contributed by atoms with Crippen molar-refractivity contribution in [2.75, 3.05) is 32.7 Å². The molecule has 2 fully saturated rings. The van der Waals surface area contributed by atoms with E-state index in [0.29, 0.717) is 13.1 Å². The molecule has 2 aromatic rings. The van der Waals surface area contributed by atoms with Gasteiger partial charge in [-0.15, -0.1) is 0 Å². The van der Waals surface area contributed by atoms with Crippen LogP contribution >= 0.6 is 0 Å². The molecule has 0 spiro atoms. The van der Waals surface area contributed by atoms with Crippen LogP contribution in [0.1, 0.15) is 23.2 Å². The van der Waals surface area contributed by atoms with Gasteiger partial charge >= 0.3 is 0 Å². The summed E-state index contributed by atoms with van der Waals surface area (Å²) in [5, 5.41) is 0. The maximum Gasteiger partial charge on any atom is 0.261 e. The van der Waals surface area contributed by atoms with Gasteiger partial charge in [-0.25, -0.2) is 0 Å². The number of pyridine rings is 1. The van der Waals surface area contributed by atoms with E-state index in [1.54, 1.807) is 11.0 Å². The minimum atomic E-state index is -0.313. The van der Waals surface area contributed by atoms with Gasteiger partial charge in [0, 0.05) is 38.4 Å². The van der Waals surface area contributed by atoms with E-state index in [0.717, 1.165) is 36.8 Å². The van der Waals surface area contributed by atoms with Crippen LogP contribution in [0.25, 0.3) is 11.3 Å². The minimum absolute atomic E-state index is 0.160. The zero-order valence-electron chi connectivity index (χ0n) is 14.3. The van der Waals surface area contributed by atoms with Gasteiger partial charge in [0.15, 0.2) is 0 Å². The van der Waals surface area contributed by atoms with Gasteiger partial charge in [0.05, 0.1) is 0 Å². The largest absolute Gasteiger partial charge is 0.336 e. The predicted molar refractivity (Wildman–Crippen MR) is 97.6 cm³/mol. The van der Waals surface area contributed by atoms with Crippen molar-refractivity contribution < 1.29 is 4.79 Å². The van der Waals surface area contributed by atoms with Crippen molar-refractivity contribution in [1.82, 2.24) is 14.8 Å². The molecular formula is C20H23N3O2. The summed E-state index contributed by atoms with van der Waals surface area (Å²) >= 11 is 0. The number of nitrogens with zero attached hydrogens (tertiary/aromatic N) is 2. The van der Waals surface area contributed by atoms with E-state index in [9.17, 15) is 9.59 Å². The summed E-state index contributed by atoms with van der Waals surface area (Å²) in [6.07, 6.45) is 2.70. The van der Waals surface area contributed by atoms with Crippen molar-refractivity contribution in [2.45, 2.75) is 12.8 Å². The Labute approximate surface area is 147 Å². The lowest BCUT2D eigenvalue weighted by Gasteiger charge is -2.34. The number of rotatable bonds is 4. The van der Waals surface area contributed by atoms with Crippen molar-refractivity contribution in [3.8, 4) is 11.3 Å². The van der Waals surface area contributed by atoms with Crippen LogP contribution in [-0.2, 0) is 0 Å². The highest BCUT2D eigenvalue weighted by Crippen LogP contribution is 2.30. The smallest absolute Gasteiger partial charge is 0.261 e. The number of nitrogens with one attached hydrogen (secondary N) is 1. The van der Waals surface area contributed by atoms with Crippen LogP contribution in [0.4, 0.5) is 0 Å². The zero-order valence-corrected chi connectivity index (χ0v) is 14.3. The number of carbonyl (C=O) groups is 1. The predicted octanol–water partition coefficient (Wildman–Crippen LogP) is 2.21. The molecule has 25 heavy (non-hydrogen) atoms. The fraction of sp³-hybridized carbons (Fsp3) is 0.400. The number of hydrogen-bond donors (Lipinski definition) is 1. The molecule has 1 saturated carbocycles. The van der Waals surface area contributed by atoms with Crippen LogP contribution in [0.5, 0.6) is 0 Å². The maximum absolute atomic E-state index is 12.7. The van der Waals surface area contributed by atoms with Crippen LogP contribution in [0, 0.1) is 5.92 Å². The topological polar surface area (TPSA) is 56.4 Å². The Kier molecular flexibility index (Phi) is 4.40. The molecule has 1 saturated heterocycles. The number of piperazine rings is 1. The van der Waals surface area contributed by atoms with Gasteiger partial charge < -0.3 is 9.88 Å². The molecule has 0 unspecified atom stereocenters. The maximum atomic E-state index is 12.7. The molecule has 2 heterocycles. The van der Waals surface area contributed by atoms with Crippen LogP contribution in [0.2, 0.25) is 0 Å². The second kappa shape index (κ2) is 6.84. The van der Waals surface area contributed by atoms with E-state index in [-0.39, 0.29) is 17.0 Å². The van der Waals surface area contributed by atoms with Crippen molar-refractivity contribution in [2.24, 2.45) is 5.92 Å². The average Bonchev–Trinajstić information content (AvgIpc) is 3.46. The van der Waals surface area contributed by atoms with Crippen molar-refractivity contribution >= 4 is 5.91 Å². The molecule has 1 amide bonds. The fourth-order valence-corrected chi connectivity index (χ4v) is 3.40. The molecule has 4 rings (SSSR count). The van der Waals surface area contributed by atoms with Crippen molar-refractivity contribution in [3.05, 3.63) is 58.4 Å². The summed E-state index contributed by atoms with van der Waals surface area (Å²) in [7, 11) is 0. The molecule has 1 aromatic carbocycles. The highest BCUT2D eigenvalue weighted by molar-refractivity contribution is 5.94. The quantitative estimate of drug-likeness (QED) is 0.931. The third kappa shape index (κ3) is 3.66. The molecule has 0 atom stereocenters. The summed E-state index contributed by atoms with van der Waals surface area (Å²) in [6.45, 7) is 4.37. The summed E-state index contributed by atoms with van der Waals surface area (Å²) in [4.78, 5) is 32.2. The zero-order chi connectivity index (χ0) is 17.2.